The summed E-state index contributed by atoms with van der Waals surface area (Å²) in [5.41, 5.74) is 1.08. The zero-order chi connectivity index (χ0) is 12.5. The molecule has 1 amide bonds. The molecular weight excluding hydrogens is 230 g/mol. The van der Waals surface area contributed by atoms with E-state index in [9.17, 15) is 4.79 Å². The van der Waals surface area contributed by atoms with E-state index in [2.05, 4.69) is 32.1 Å². The summed E-state index contributed by atoms with van der Waals surface area (Å²) < 4.78 is 0. The van der Waals surface area contributed by atoms with Crippen LogP contribution in [0.3, 0.4) is 0 Å². The van der Waals surface area contributed by atoms with Gasteiger partial charge in [-0.2, -0.15) is 0 Å². The van der Waals surface area contributed by atoms with Crippen LogP contribution in [0.5, 0.6) is 0 Å². The first-order valence-electron chi connectivity index (χ1n) is 6.31. The van der Waals surface area contributed by atoms with Gasteiger partial charge >= 0.3 is 0 Å². The third-order valence-corrected chi connectivity index (χ3v) is 3.59. The zero-order valence-electron chi connectivity index (χ0n) is 10.5. The van der Waals surface area contributed by atoms with Crippen molar-refractivity contribution in [3.05, 3.63) is 11.9 Å². The quantitative estimate of drug-likeness (QED) is 0.763. The number of fused-ring (bicyclic) bond motifs is 1. The average Bonchev–Trinajstić information content (AvgIpc) is 2.38. The van der Waals surface area contributed by atoms with Crippen LogP contribution in [0.25, 0.3) is 0 Å². The van der Waals surface area contributed by atoms with Crippen LogP contribution >= 0.6 is 0 Å². The highest BCUT2D eigenvalue weighted by Crippen LogP contribution is 2.28. The van der Waals surface area contributed by atoms with Crippen molar-refractivity contribution in [1.82, 2.24) is 14.9 Å². The smallest absolute Gasteiger partial charge is 0.225 e. The van der Waals surface area contributed by atoms with E-state index in [-0.39, 0.29) is 5.91 Å². The number of hydrogen-bond acceptors (Lipinski definition) is 5. The zero-order valence-corrected chi connectivity index (χ0v) is 10.5. The average molecular weight is 247 g/mol. The molecule has 0 spiro atoms. The molecule has 1 aromatic rings. The van der Waals surface area contributed by atoms with Crippen LogP contribution in [0.2, 0.25) is 0 Å². The highest BCUT2D eigenvalue weighted by atomic mass is 16.1. The fourth-order valence-corrected chi connectivity index (χ4v) is 2.46. The molecule has 96 valence electrons. The van der Waals surface area contributed by atoms with Gasteiger partial charge in [0.15, 0.2) is 0 Å². The lowest BCUT2D eigenvalue weighted by atomic mass is 10.1. The predicted molar refractivity (Wildman–Crippen MR) is 68.7 cm³/mol. The molecule has 0 aliphatic carbocycles. The normalized spacial score (nSPS) is 20.5. The van der Waals surface area contributed by atoms with Crippen molar-refractivity contribution in [2.24, 2.45) is 0 Å². The van der Waals surface area contributed by atoms with Gasteiger partial charge in [-0.15, -0.1) is 0 Å². The SMILES string of the molecule is CN1CCN(c2ncnc3c2CCC(=O)N3)CC1. The Morgan fingerprint density at radius 1 is 1.17 bits per heavy atom. The Hall–Kier alpha value is -1.69. The summed E-state index contributed by atoms with van der Waals surface area (Å²) in [6, 6.07) is 0. The van der Waals surface area contributed by atoms with Gasteiger partial charge in [-0.25, -0.2) is 9.97 Å². The predicted octanol–water partition coefficient (Wildman–Crippen LogP) is 0.113. The van der Waals surface area contributed by atoms with E-state index in [1.54, 1.807) is 0 Å². The third-order valence-electron chi connectivity index (χ3n) is 3.59. The number of aromatic nitrogens is 2. The van der Waals surface area contributed by atoms with Crippen molar-refractivity contribution < 1.29 is 4.79 Å². The third kappa shape index (κ3) is 2.03. The molecule has 0 unspecified atom stereocenters. The summed E-state index contributed by atoms with van der Waals surface area (Å²) in [5.74, 6) is 1.73. The van der Waals surface area contributed by atoms with Gasteiger partial charge < -0.3 is 15.1 Å². The monoisotopic (exact) mass is 247 g/mol. The highest BCUT2D eigenvalue weighted by molar-refractivity contribution is 5.93. The van der Waals surface area contributed by atoms with E-state index in [0.29, 0.717) is 12.2 Å². The number of hydrogen-bond donors (Lipinski definition) is 1. The molecule has 2 aliphatic heterocycles. The molecule has 6 heteroatoms. The van der Waals surface area contributed by atoms with Crippen LogP contribution in [-0.2, 0) is 11.2 Å². The molecule has 1 saturated heterocycles. The highest BCUT2D eigenvalue weighted by Gasteiger charge is 2.24. The molecule has 2 aliphatic rings. The lowest BCUT2D eigenvalue weighted by Crippen LogP contribution is -2.45. The summed E-state index contributed by atoms with van der Waals surface area (Å²) in [5, 5.41) is 2.82. The first-order chi connectivity index (χ1) is 8.74. The van der Waals surface area contributed by atoms with E-state index in [1.807, 2.05) is 0 Å². The molecule has 6 nitrogen and oxygen atoms in total. The topological polar surface area (TPSA) is 61.4 Å². The van der Waals surface area contributed by atoms with E-state index < -0.39 is 0 Å². The van der Waals surface area contributed by atoms with Gasteiger partial charge in [0.2, 0.25) is 5.91 Å². The molecule has 0 bridgehead atoms. The number of carbonyl (C=O) groups excluding carboxylic acids is 1. The number of likely N-dealkylation sites (N-methyl/N-ethyl adjacent to an activating group) is 1. The van der Waals surface area contributed by atoms with Crippen LogP contribution in [0.1, 0.15) is 12.0 Å². The number of anilines is 2. The molecule has 0 aromatic carbocycles. The van der Waals surface area contributed by atoms with E-state index in [1.165, 1.54) is 6.33 Å². The summed E-state index contributed by atoms with van der Waals surface area (Å²) in [4.78, 5) is 24.5. The van der Waals surface area contributed by atoms with Gasteiger partial charge in [0, 0.05) is 38.2 Å². The molecule has 3 heterocycles. The maximum atomic E-state index is 11.4. The van der Waals surface area contributed by atoms with Crippen LogP contribution in [0.4, 0.5) is 11.6 Å². The van der Waals surface area contributed by atoms with Gasteiger partial charge in [0.1, 0.15) is 18.0 Å². The first-order valence-corrected chi connectivity index (χ1v) is 6.31. The van der Waals surface area contributed by atoms with Gasteiger partial charge in [-0.1, -0.05) is 0 Å². The maximum absolute atomic E-state index is 11.4. The molecule has 18 heavy (non-hydrogen) atoms. The molecule has 1 N–H and O–H groups in total. The van der Waals surface area contributed by atoms with Crippen molar-refractivity contribution in [2.45, 2.75) is 12.8 Å². The van der Waals surface area contributed by atoms with Crippen LogP contribution in [0.15, 0.2) is 6.33 Å². The van der Waals surface area contributed by atoms with Gasteiger partial charge in [-0.05, 0) is 13.5 Å². The largest absolute Gasteiger partial charge is 0.354 e. The Bertz CT molecular complexity index is 468. The molecular formula is C12H17N5O. The number of amides is 1. The number of nitrogens with one attached hydrogen (secondary N) is 1. The molecule has 0 atom stereocenters. The second kappa shape index (κ2) is 4.53. The number of piperazine rings is 1. The maximum Gasteiger partial charge on any atom is 0.225 e. The summed E-state index contributed by atoms with van der Waals surface area (Å²) in [6.07, 6.45) is 2.81. The van der Waals surface area contributed by atoms with Crippen molar-refractivity contribution in [3.63, 3.8) is 0 Å². The van der Waals surface area contributed by atoms with Gasteiger partial charge in [-0.3, -0.25) is 4.79 Å². The van der Waals surface area contributed by atoms with E-state index in [4.69, 9.17) is 0 Å². The molecule has 1 aromatic heterocycles. The van der Waals surface area contributed by atoms with Crippen LogP contribution < -0.4 is 10.2 Å². The number of rotatable bonds is 1. The second-order valence-corrected chi connectivity index (χ2v) is 4.86. The number of carbonyl (C=O) groups is 1. The minimum absolute atomic E-state index is 0.0468. The summed E-state index contributed by atoms with van der Waals surface area (Å²) >= 11 is 0. The molecule has 0 radical (unpaired) electrons. The van der Waals surface area contributed by atoms with Crippen molar-refractivity contribution in [3.8, 4) is 0 Å². The van der Waals surface area contributed by atoms with Crippen LogP contribution in [-0.4, -0.2) is 54.0 Å². The fraction of sp³-hybridized carbons (Fsp3) is 0.583. The van der Waals surface area contributed by atoms with Crippen molar-refractivity contribution in [1.29, 1.82) is 0 Å². The Balaban J connectivity index is 1.88. The number of nitrogens with zero attached hydrogens (tertiary/aromatic N) is 4. The van der Waals surface area contributed by atoms with Crippen molar-refractivity contribution >= 4 is 17.5 Å². The van der Waals surface area contributed by atoms with E-state index >= 15 is 0 Å². The minimum Gasteiger partial charge on any atom is -0.354 e. The first kappa shape index (κ1) is 11.4. The van der Waals surface area contributed by atoms with E-state index in [0.717, 1.165) is 44.0 Å². The molecule has 3 rings (SSSR count). The Morgan fingerprint density at radius 3 is 2.72 bits per heavy atom. The van der Waals surface area contributed by atoms with Crippen LogP contribution in [0, 0.1) is 0 Å². The fourth-order valence-electron chi connectivity index (χ4n) is 2.46. The summed E-state index contributed by atoms with van der Waals surface area (Å²) in [6.45, 7) is 4.05. The minimum atomic E-state index is 0.0468. The van der Waals surface area contributed by atoms with Crippen molar-refractivity contribution in [2.75, 3.05) is 43.4 Å². The summed E-state index contributed by atoms with van der Waals surface area (Å²) in [7, 11) is 2.13. The Morgan fingerprint density at radius 2 is 1.94 bits per heavy atom. The Labute approximate surface area is 106 Å². The lowest BCUT2D eigenvalue weighted by molar-refractivity contribution is -0.116. The molecule has 1 fully saturated rings. The lowest BCUT2D eigenvalue weighted by Gasteiger charge is -2.34. The standard InChI is InChI=1S/C12H17N5O/c1-16-4-6-17(7-5-16)12-9-2-3-10(18)15-11(9)13-8-14-12/h8H,2-7H2,1H3,(H,13,14,15,18). The van der Waals surface area contributed by atoms with Gasteiger partial charge in [0.05, 0.1) is 0 Å². The van der Waals surface area contributed by atoms with Gasteiger partial charge in [0.25, 0.3) is 0 Å². The second-order valence-electron chi connectivity index (χ2n) is 4.86. The Kier molecular flexibility index (Phi) is 2.87. The molecule has 0 saturated carbocycles.